The van der Waals surface area contributed by atoms with Crippen molar-refractivity contribution in [2.24, 2.45) is 0 Å². The molecule has 0 bridgehead atoms. The molecule has 0 fully saturated rings. The van der Waals surface area contributed by atoms with E-state index in [1.807, 2.05) is 32.0 Å². The number of ether oxygens (including phenoxy) is 1. The third kappa shape index (κ3) is 3.86. The van der Waals surface area contributed by atoms with Gasteiger partial charge in [-0.15, -0.1) is 0 Å². The van der Waals surface area contributed by atoms with E-state index in [0.29, 0.717) is 16.3 Å². The summed E-state index contributed by atoms with van der Waals surface area (Å²) in [7, 11) is 0. The highest BCUT2D eigenvalue weighted by Crippen LogP contribution is 2.29. The number of benzene rings is 2. The van der Waals surface area contributed by atoms with Crippen LogP contribution in [0.2, 0.25) is 5.02 Å². The first-order valence-corrected chi connectivity index (χ1v) is 7.78. The zero-order valence-corrected chi connectivity index (χ0v) is 14.5. The predicted octanol–water partition coefficient (Wildman–Crippen LogP) is 5.37. The minimum absolute atomic E-state index is 0.0296. The summed E-state index contributed by atoms with van der Waals surface area (Å²) in [5, 5.41) is 0.614. The largest absolute Gasteiger partial charge is 0.481 e. The Bertz CT molecular complexity index is 682. The topological polar surface area (TPSA) is 26.3 Å². The molecule has 2 aromatic carbocycles. The van der Waals surface area contributed by atoms with Gasteiger partial charge >= 0.3 is 0 Å². The number of halogens is 2. The maximum Gasteiger partial charge on any atom is 0.203 e. The molecule has 1 atom stereocenters. The lowest BCUT2D eigenvalue weighted by Crippen LogP contribution is -2.24. The van der Waals surface area contributed by atoms with Gasteiger partial charge in [-0.1, -0.05) is 29.3 Å². The van der Waals surface area contributed by atoms with Gasteiger partial charge < -0.3 is 4.74 Å². The number of rotatable bonds is 4. The average molecular weight is 368 g/mol. The number of Topliss-reactive ketones (excluding diaryl/α,β-unsaturated/α-hetero) is 1. The Balaban J connectivity index is 2.21. The van der Waals surface area contributed by atoms with Crippen LogP contribution in [0.3, 0.4) is 0 Å². The zero-order chi connectivity index (χ0) is 15.6. The first-order chi connectivity index (χ1) is 9.88. The second-order valence-corrected chi connectivity index (χ2v) is 6.31. The molecular formula is C17H16BrClO2. The van der Waals surface area contributed by atoms with E-state index in [9.17, 15) is 4.79 Å². The van der Waals surface area contributed by atoms with Gasteiger partial charge in [-0.25, -0.2) is 0 Å². The van der Waals surface area contributed by atoms with E-state index < -0.39 is 6.10 Å². The standard InChI is InChI=1S/C17H16BrClO2/c1-10-4-5-11(2)14(8-10)17(20)12(3)21-16-7-6-13(19)9-15(16)18/h4-9,12H,1-3H3. The van der Waals surface area contributed by atoms with Gasteiger partial charge in [0.2, 0.25) is 5.78 Å². The maximum atomic E-state index is 12.5. The van der Waals surface area contributed by atoms with Gasteiger partial charge in [-0.2, -0.15) is 0 Å². The lowest BCUT2D eigenvalue weighted by molar-refractivity contribution is 0.0816. The number of carbonyl (C=O) groups is 1. The van der Waals surface area contributed by atoms with Gasteiger partial charge in [-0.3, -0.25) is 4.79 Å². The molecule has 2 nitrogen and oxygen atoms in total. The van der Waals surface area contributed by atoms with Gasteiger partial charge in [-0.05, 0) is 66.5 Å². The zero-order valence-electron chi connectivity index (χ0n) is 12.1. The summed E-state index contributed by atoms with van der Waals surface area (Å²) in [5.41, 5.74) is 2.72. The molecule has 0 saturated heterocycles. The molecule has 0 aliphatic carbocycles. The smallest absolute Gasteiger partial charge is 0.203 e. The van der Waals surface area contributed by atoms with E-state index >= 15 is 0 Å². The Kier molecular flexibility index (Phi) is 5.07. The normalized spacial score (nSPS) is 12.0. The van der Waals surface area contributed by atoms with Crippen molar-refractivity contribution in [2.45, 2.75) is 26.9 Å². The van der Waals surface area contributed by atoms with Crippen molar-refractivity contribution in [1.29, 1.82) is 0 Å². The van der Waals surface area contributed by atoms with Crippen molar-refractivity contribution >= 4 is 33.3 Å². The molecule has 0 heterocycles. The molecule has 0 radical (unpaired) electrons. The molecule has 110 valence electrons. The van der Waals surface area contributed by atoms with Crippen molar-refractivity contribution in [3.8, 4) is 5.75 Å². The van der Waals surface area contributed by atoms with E-state index in [-0.39, 0.29) is 5.78 Å². The summed E-state index contributed by atoms with van der Waals surface area (Å²) in [6.07, 6.45) is -0.567. The van der Waals surface area contributed by atoms with Crippen molar-refractivity contribution < 1.29 is 9.53 Å². The van der Waals surface area contributed by atoms with Gasteiger partial charge in [0.05, 0.1) is 4.47 Å². The molecule has 4 heteroatoms. The molecule has 2 aromatic rings. The van der Waals surface area contributed by atoms with Crippen molar-refractivity contribution in [3.63, 3.8) is 0 Å². The number of hydrogen-bond donors (Lipinski definition) is 0. The minimum atomic E-state index is -0.567. The van der Waals surface area contributed by atoms with Gasteiger partial charge in [0.25, 0.3) is 0 Å². The highest BCUT2D eigenvalue weighted by molar-refractivity contribution is 9.10. The molecule has 21 heavy (non-hydrogen) atoms. The monoisotopic (exact) mass is 366 g/mol. The molecule has 0 aliphatic rings. The van der Waals surface area contributed by atoms with E-state index in [0.717, 1.165) is 15.6 Å². The summed E-state index contributed by atoms with van der Waals surface area (Å²) in [6, 6.07) is 11.1. The molecule has 0 N–H and O–H groups in total. The van der Waals surface area contributed by atoms with Gasteiger partial charge in [0.1, 0.15) is 5.75 Å². The van der Waals surface area contributed by atoms with E-state index in [2.05, 4.69) is 15.9 Å². The van der Waals surface area contributed by atoms with Crippen molar-refractivity contribution in [2.75, 3.05) is 0 Å². The average Bonchev–Trinajstić information content (AvgIpc) is 2.43. The molecule has 0 amide bonds. The number of aryl methyl sites for hydroxylation is 2. The second kappa shape index (κ2) is 6.63. The molecule has 0 aromatic heterocycles. The fraction of sp³-hybridized carbons (Fsp3) is 0.235. The van der Waals surface area contributed by atoms with Crippen LogP contribution in [0.1, 0.15) is 28.4 Å². The summed E-state index contributed by atoms with van der Waals surface area (Å²) < 4.78 is 6.49. The van der Waals surface area contributed by atoms with Crippen LogP contribution in [0.4, 0.5) is 0 Å². The van der Waals surface area contributed by atoms with Crippen molar-refractivity contribution in [1.82, 2.24) is 0 Å². The van der Waals surface area contributed by atoms with Gasteiger partial charge in [0, 0.05) is 10.6 Å². The fourth-order valence-corrected chi connectivity index (χ4v) is 2.81. The van der Waals surface area contributed by atoms with E-state index in [4.69, 9.17) is 16.3 Å². The van der Waals surface area contributed by atoms with Crippen LogP contribution in [0.5, 0.6) is 5.75 Å². The Morgan fingerprint density at radius 2 is 1.90 bits per heavy atom. The highest BCUT2D eigenvalue weighted by Gasteiger charge is 2.19. The van der Waals surface area contributed by atoms with E-state index in [1.54, 1.807) is 25.1 Å². The molecule has 0 saturated carbocycles. The number of ketones is 1. The molecule has 1 unspecified atom stereocenters. The van der Waals surface area contributed by atoms with Crippen LogP contribution in [0.15, 0.2) is 40.9 Å². The highest BCUT2D eigenvalue weighted by atomic mass is 79.9. The number of hydrogen-bond acceptors (Lipinski definition) is 2. The minimum Gasteiger partial charge on any atom is -0.481 e. The van der Waals surface area contributed by atoms with Crippen LogP contribution in [0.25, 0.3) is 0 Å². The molecule has 2 rings (SSSR count). The Morgan fingerprint density at radius 3 is 2.57 bits per heavy atom. The van der Waals surface area contributed by atoms with Crippen molar-refractivity contribution in [3.05, 3.63) is 62.6 Å². The van der Waals surface area contributed by atoms with E-state index in [1.165, 1.54) is 0 Å². The predicted molar refractivity (Wildman–Crippen MR) is 89.5 cm³/mol. The molecular weight excluding hydrogens is 352 g/mol. The van der Waals surface area contributed by atoms with Crippen LogP contribution >= 0.6 is 27.5 Å². The fourth-order valence-electron chi connectivity index (χ4n) is 2.04. The lowest BCUT2D eigenvalue weighted by Gasteiger charge is -2.16. The SMILES string of the molecule is Cc1ccc(C)c(C(=O)C(C)Oc2ccc(Cl)cc2Br)c1. The summed E-state index contributed by atoms with van der Waals surface area (Å²) >= 11 is 9.28. The van der Waals surface area contributed by atoms with Crippen LogP contribution in [-0.4, -0.2) is 11.9 Å². The number of carbonyl (C=O) groups excluding carboxylic acids is 1. The third-order valence-electron chi connectivity index (χ3n) is 3.23. The summed E-state index contributed by atoms with van der Waals surface area (Å²) in [5.74, 6) is 0.573. The quantitative estimate of drug-likeness (QED) is 0.679. The van der Waals surface area contributed by atoms with Crippen LogP contribution in [-0.2, 0) is 0 Å². The lowest BCUT2D eigenvalue weighted by atomic mass is 9.99. The second-order valence-electron chi connectivity index (χ2n) is 5.02. The maximum absolute atomic E-state index is 12.5. The first-order valence-electron chi connectivity index (χ1n) is 6.61. The Hall–Kier alpha value is -1.32. The Morgan fingerprint density at radius 1 is 1.19 bits per heavy atom. The molecule has 0 spiro atoms. The third-order valence-corrected chi connectivity index (χ3v) is 4.08. The Labute approximate surface area is 138 Å². The molecule has 0 aliphatic heterocycles. The van der Waals surface area contributed by atoms with Crippen LogP contribution < -0.4 is 4.74 Å². The van der Waals surface area contributed by atoms with Gasteiger partial charge in [0.15, 0.2) is 6.10 Å². The summed E-state index contributed by atoms with van der Waals surface area (Å²) in [4.78, 5) is 12.5. The van der Waals surface area contributed by atoms with Crippen LogP contribution in [0, 0.1) is 13.8 Å². The summed E-state index contributed by atoms with van der Waals surface area (Å²) in [6.45, 7) is 5.65. The first kappa shape index (κ1) is 16.1.